The first kappa shape index (κ1) is 23.8. The van der Waals surface area contributed by atoms with Gasteiger partial charge in [0, 0.05) is 32.7 Å². The third-order valence-corrected chi connectivity index (χ3v) is 8.63. The maximum atomic E-state index is 13.8. The Kier molecular flexibility index (Phi) is 5.64. The van der Waals surface area contributed by atoms with E-state index < -0.39 is 23.7 Å². The molecule has 1 heterocycles. The van der Waals surface area contributed by atoms with Crippen LogP contribution in [0.5, 0.6) is 5.75 Å². The molecular weight excluding hydrogens is 534 g/mol. The first-order valence-electron chi connectivity index (χ1n) is 12.3. The molecule has 2 amide bonds. The van der Waals surface area contributed by atoms with E-state index in [0.717, 1.165) is 15.6 Å². The Morgan fingerprint density at radius 3 is 2.51 bits per heavy atom. The Morgan fingerprint density at radius 2 is 1.76 bits per heavy atom. The highest BCUT2D eigenvalue weighted by Gasteiger charge is 2.56. The Morgan fingerprint density at radius 1 is 1.00 bits per heavy atom. The van der Waals surface area contributed by atoms with Crippen molar-refractivity contribution in [1.82, 2.24) is 4.90 Å². The standard InChI is InChI=1S/C30H24BrNO5/c1-15-11-24(34)27-22(28(15)35)13-20-18(25(27)21-12-17(31)7-10-23(21)33)8-9-19-26(20)30(37)32(29(19)36)14-16-5-3-2-4-6-16/h2-8,10-12,19-20,25-26,33H,9,13-14H2,1H3/t19-,20+,25+,26-/m0/s1. The minimum absolute atomic E-state index is 0.00905. The van der Waals surface area contributed by atoms with E-state index in [1.807, 2.05) is 36.4 Å². The molecular formula is C30H24BrNO5. The zero-order chi connectivity index (χ0) is 26.0. The molecule has 1 N–H and O–H groups in total. The fraction of sp³-hybridized carbons (Fsp3) is 0.267. The van der Waals surface area contributed by atoms with Crippen LogP contribution in [0.3, 0.4) is 0 Å². The fourth-order valence-electron chi connectivity index (χ4n) is 6.48. The van der Waals surface area contributed by atoms with E-state index in [1.54, 1.807) is 25.1 Å². The highest BCUT2D eigenvalue weighted by molar-refractivity contribution is 9.10. The first-order chi connectivity index (χ1) is 17.8. The van der Waals surface area contributed by atoms with E-state index in [9.17, 15) is 24.3 Å². The van der Waals surface area contributed by atoms with Crippen molar-refractivity contribution >= 4 is 39.3 Å². The van der Waals surface area contributed by atoms with Gasteiger partial charge in [0.2, 0.25) is 11.8 Å². The summed E-state index contributed by atoms with van der Waals surface area (Å²) in [5.74, 6) is -3.10. The van der Waals surface area contributed by atoms with E-state index in [0.29, 0.717) is 28.7 Å². The van der Waals surface area contributed by atoms with Gasteiger partial charge in [0.1, 0.15) is 5.75 Å². The Balaban J connectivity index is 1.47. The SMILES string of the molecule is CC1=CC(=O)C2=C(C[C@@H]3C(=CC[C@@H]4C(=O)N(Cc5ccccc5)C(=O)[C@@H]43)[C@@H]2c2cc(Br)ccc2O)C1=O. The molecule has 0 bridgehead atoms. The van der Waals surface area contributed by atoms with Crippen LogP contribution in [0.4, 0.5) is 0 Å². The number of phenolic OH excluding ortho intramolecular Hbond substituents is 1. The number of halogens is 1. The number of carbonyl (C=O) groups excluding carboxylic acids is 4. The van der Waals surface area contributed by atoms with Crippen molar-refractivity contribution in [2.45, 2.75) is 32.2 Å². The number of likely N-dealkylation sites (tertiary alicyclic amines) is 1. The summed E-state index contributed by atoms with van der Waals surface area (Å²) in [5, 5.41) is 10.8. The van der Waals surface area contributed by atoms with Crippen molar-refractivity contribution < 1.29 is 24.3 Å². The van der Waals surface area contributed by atoms with Crippen molar-refractivity contribution in [2.75, 3.05) is 0 Å². The van der Waals surface area contributed by atoms with Gasteiger partial charge in [-0.2, -0.15) is 0 Å². The largest absolute Gasteiger partial charge is 0.508 e. The predicted octanol–water partition coefficient (Wildman–Crippen LogP) is 4.78. The van der Waals surface area contributed by atoms with Crippen molar-refractivity contribution in [3.8, 4) is 5.75 Å². The van der Waals surface area contributed by atoms with E-state index in [-0.39, 0.29) is 42.1 Å². The van der Waals surface area contributed by atoms with Gasteiger partial charge in [-0.25, -0.2) is 0 Å². The number of ketones is 2. The van der Waals surface area contributed by atoms with E-state index in [1.165, 1.54) is 11.0 Å². The number of fused-ring (bicyclic) bond motifs is 3. The number of nitrogens with zero attached hydrogens (tertiary/aromatic N) is 1. The molecule has 3 aliphatic carbocycles. The number of aromatic hydroxyl groups is 1. The van der Waals surface area contributed by atoms with Crippen molar-refractivity contribution in [2.24, 2.45) is 17.8 Å². The molecule has 4 aliphatic rings. The molecule has 6 rings (SSSR count). The second kappa shape index (κ2) is 8.77. The maximum absolute atomic E-state index is 13.8. The molecule has 0 radical (unpaired) electrons. The number of carbonyl (C=O) groups is 4. The number of benzene rings is 2. The van der Waals surface area contributed by atoms with Crippen LogP contribution in [0, 0.1) is 17.8 Å². The summed E-state index contributed by atoms with van der Waals surface area (Å²) in [5.41, 5.74) is 3.31. The molecule has 0 aromatic heterocycles. The minimum atomic E-state index is -0.668. The molecule has 2 aromatic carbocycles. The lowest BCUT2D eigenvalue weighted by Gasteiger charge is -2.42. The number of hydrogen-bond donors (Lipinski definition) is 1. The van der Waals surface area contributed by atoms with Crippen LogP contribution in [0.15, 0.2) is 87.4 Å². The van der Waals surface area contributed by atoms with Crippen LogP contribution < -0.4 is 0 Å². The van der Waals surface area contributed by atoms with Crippen LogP contribution in [0.1, 0.15) is 36.8 Å². The van der Waals surface area contributed by atoms with Gasteiger partial charge in [0.25, 0.3) is 0 Å². The number of amides is 2. The molecule has 0 saturated carbocycles. The normalized spacial score (nSPS) is 27.0. The summed E-state index contributed by atoms with van der Waals surface area (Å²) >= 11 is 3.46. The molecule has 6 nitrogen and oxygen atoms in total. The van der Waals surface area contributed by atoms with Crippen LogP contribution >= 0.6 is 15.9 Å². The molecule has 1 fully saturated rings. The third-order valence-electron chi connectivity index (χ3n) is 8.14. The van der Waals surface area contributed by atoms with E-state index in [2.05, 4.69) is 15.9 Å². The summed E-state index contributed by atoms with van der Waals surface area (Å²) in [6.07, 6.45) is 3.92. The number of rotatable bonds is 3. The van der Waals surface area contributed by atoms with Crippen LogP contribution in [0.2, 0.25) is 0 Å². The van der Waals surface area contributed by atoms with E-state index in [4.69, 9.17) is 0 Å². The molecule has 4 atom stereocenters. The first-order valence-corrected chi connectivity index (χ1v) is 13.1. The average Bonchev–Trinajstić information content (AvgIpc) is 3.13. The van der Waals surface area contributed by atoms with Gasteiger partial charge in [-0.3, -0.25) is 24.1 Å². The van der Waals surface area contributed by atoms with Gasteiger partial charge in [-0.15, -0.1) is 0 Å². The third kappa shape index (κ3) is 3.67. The lowest BCUT2D eigenvalue weighted by atomic mass is 9.59. The summed E-state index contributed by atoms with van der Waals surface area (Å²) in [6.45, 7) is 1.83. The number of Topliss-reactive ketones (excluding diaryl/α,β-unsaturated/α-hetero) is 1. The topological polar surface area (TPSA) is 91.8 Å². The fourth-order valence-corrected chi connectivity index (χ4v) is 6.86. The molecule has 0 unspecified atom stereocenters. The van der Waals surface area contributed by atoms with Crippen molar-refractivity contribution in [3.05, 3.63) is 98.6 Å². The average molecular weight is 558 g/mol. The number of hydrogen-bond acceptors (Lipinski definition) is 5. The molecule has 37 heavy (non-hydrogen) atoms. The van der Waals surface area contributed by atoms with Crippen LogP contribution in [-0.4, -0.2) is 33.4 Å². The van der Waals surface area contributed by atoms with Gasteiger partial charge in [-0.05, 0) is 55.5 Å². The highest BCUT2D eigenvalue weighted by Crippen LogP contribution is 2.56. The second-order valence-electron chi connectivity index (χ2n) is 10.2. The van der Waals surface area contributed by atoms with Gasteiger partial charge in [0.15, 0.2) is 11.6 Å². The Hall–Kier alpha value is -3.58. The monoisotopic (exact) mass is 557 g/mol. The second-order valence-corrected chi connectivity index (χ2v) is 11.1. The van der Waals surface area contributed by atoms with Gasteiger partial charge < -0.3 is 5.11 Å². The summed E-state index contributed by atoms with van der Waals surface area (Å²) in [6, 6.07) is 14.4. The number of allylic oxidation sites excluding steroid dienone is 6. The smallest absolute Gasteiger partial charge is 0.234 e. The molecule has 0 spiro atoms. The summed E-state index contributed by atoms with van der Waals surface area (Å²) in [4.78, 5) is 55.2. The van der Waals surface area contributed by atoms with Gasteiger partial charge in [0.05, 0.1) is 18.4 Å². The lowest BCUT2D eigenvalue weighted by Crippen LogP contribution is -2.39. The van der Waals surface area contributed by atoms with Crippen molar-refractivity contribution in [3.63, 3.8) is 0 Å². The molecule has 2 aromatic rings. The zero-order valence-electron chi connectivity index (χ0n) is 20.1. The molecule has 186 valence electrons. The quantitative estimate of drug-likeness (QED) is 0.333. The van der Waals surface area contributed by atoms with Crippen molar-refractivity contribution in [1.29, 1.82) is 0 Å². The molecule has 1 saturated heterocycles. The number of phenols is 1. The highest BCUT2D eigenvalue weighted by atomic mass is 79.9. The maximum Gasteiger partial charge on any atom is 0.234 e. The minimum Gasteiger partial charge on any atom is -0.508 e. The molecule has 7 heteroatoms. The van der Waals surface area contributed by atoms with Gasteiger partial charge in [-0.1, -0.05) is 57.9 Å². The molecule has 1 aliphatic heterocycles. The lowest BCUT2D eigenvalue weighted by molar-refractivity contribution is -0.140. The predicted molar refractivity (Wildman–Crippen MR) is 139 cm³/mol. The van der Waals surface area contributed by atoms with Crippen LogP contribution in [-0.2, 0) is 25.7 Å². The van der Waals surface area contributed by atoms with Gasteiger partial charge >= 0.3 is 0 Å². The Labute approximate surface area is 222 Å². The summed E-state index contributed by atoms with van der Waals surface area (Å²) in [7, 11) is 0. The Bertz CT molecular complexity index is 1480. The van der Waals surface area contributed by atoms with Crippen LogP contribution in [0.25, 0.3) is 0 Å². The van der Waals surface area contributed by atoms with E-state index >= 15 is 0 Å². The number of imide groups is 1. The zero-order valence-corrected chi connectivity index (χ0v) is 21.7. The summed E-state index contributed by atoms with van der Waals surface area (Å²) < 4.78 is 0.723.